The number of amides is 1. The summed E-state index contributed by atoms with van der Waals surface area (Å²) in [5.74, 6) is 0.303. The first-order chi connectivity index (χ1) is 14.8. The molecule has 1 N–H and O–H groups in total. The summed E-state index contributed by atoms with van der Waals surface area (Å²) in [6, 6.07) is 19.5. The number of benzene rings is 2. The second-order valence-corrected chi connectivity index (χ2v) is 6.58. The van der Waals surface area contributed by atoms with Crippen molar-refractivity contribution in [3.8, 4) is 22.6 Å². The van der Waals surface area contributed by atoms with Gasteiger partial charge in [-0.15, -0.1) is 0 Å². The molecule has 0 fully saturated rings. The van der Waals surface area contributed by atoms with Gasteiger partial charge in [0, 0.05) is 11.1 Å². The van der Waals surface area contributed by atoms with E-state index < -0.39 is 0 Å². The van der Waals surface area contributed by atoms with E-state index >= 15 is 0 Å². The van der Waals surface area contributed by atoms with Gasteiger partial charge in [-0.25, -0.2) is 15.0 Å². The molecule has 30 heavy (non-hydrogen) atoms. The Bertz CT molecular complexity index is 1250. The monoisotopic (exact) mass is 396 g/mol. The molecule has 3 heterocycles. The standard InChI is InChI=1S/C22H16N6O2/c29-18(12-28-14-25-21-17(28)11-23-13-24-21)26-22-27-19(15-7-3-1-4-8-15)20(30-22)16-9-5-2-6-10-16/h1-11,13-14H,12H2,(H,26,27,29). The van der Waals surface area contributed by atoms with Gasteiger partial charge in [-0.1, -0.05) is 60.7 Å². The van der Waals surface area contributed by atoms with Crippen molar-refractivity contribution in [2.45, 2.75) is 6.54 Å². The largest absolute Gasteiger partial charge is 0.423 e. The van der Waals surface area contributed by atoms with Crippen LogP contribution in [-0.2, 0) is 11.3 Å². The van der Waals surface area contributed by atoms with Gasteiger partial charge < -0.3 is 8.98 Å². The van der Waals surface area contributed by atoms with Crippen molar-refractivity contribution in [3.63, 3.8) is 0 Å². The van der Waals surface area contributed by atoms with Crippen molar-refractivity contribution in [1.82, 2.24) is 24.5 Å². The van der Waals surface area contributed by atoms with Crippen molar-refractivity contribution in [2.24, 2.45) is 0 Å². The number of fused-ring (bicyclic) bond motifs is 1. The van der Waals surface area contributed by atoms with Gasteiger partial charge >= 0.3 is 6.01 Å². The molecular weight excluding hydrogens is 380 g/mol. The van der Waals surface area contributed by atoms with Crippen LogP contribution < -0.4 is 5.32 Å². The maximum atomic E-state index is 12.6. The lowest BCUT2D eigenvalue weighted by Crippen LogP contribution is -2.18. The molecule has 0 aliphatic rings. The number of rotatable bonds is 5. The zero-order chi connectivity index (χ0) is 20.3. The summed E-state index contributed by atoms with van der Waals surface area (Å²) >= 11 is 0. The van der Waals surface area contributed by atoms with Crippen LogP contribution in [0.4, 0.5) is 6.01 Å². The highest BCUT2D eigenvalue weighted by molar-refractivity contribution is 5.90. The minimum absolute atomic E-state index is 0.0353. The highest BCUT2D eigenvalue weighted by Crippen LogP contribution is 2.34. The molecule has 0 saturated heterocycles. The molecule has 0 atom stereocenters. The van der Waals surface area contributed by atoms with E-state index in [0.29, 0.717) is 22.6 Å². The molecule has 3 aromatic heterocycles. The Morgan fingerprint density at radius 1 is 0.967 bits per heavy atom. The van der Waals surface area contributed by atoms with Crippen molar-refractivity contribution in [3.05, 3.63) is 79.5 Å². The summed E-state index contributed by atoms with van der Waals surface area (Å²) in [4.78, 5) is 29.4. The molecule has 5 rings (SSSR count). The first-order valence-electron chi connectivity index (χ1n) is 9.30. The van der Waals surface area contributed by atoms with Gasteiger partial charge in [0.15, 0.2) is 11.4 Å². The van der Waals surface area contributed by atoms with E-state index in [1.165, 1.54) is 6.33 Å². The number of carbonyl (C=O) groups is 1. The van der Waals surface area contributed by atoms with E-state index in [0.717, 1.165) is 11.1 Å². The first kappa shape index (κ1) is 17.7. The molecule has 0 bridgehead atoms. The topological polar surface area (TPSA) is 98.7 Å². The Kier molecular flexibility index (Phi) is 4.49. The minimum atomic E-state index is -0.293. The molecule has 0 aliphatic heterocycles. The van der Waals surface area contributed by atoms with E-state index in [1.807, 2.05) is 60.7 Å². The maximum absolute atomic E-state index is 12.6. The van der Waals surface area contributed by atoms with Crippen LogP contribution in [0.2, 0.25) is 0 Å². The third-order valence-electron chi connectivity index (χ3n) is 4.57. The van der Waals surface area contributed by atoms with Crippen LogP contribution in [0.1, 0.15) is 0 Å². The van der Waals surface area contributed by atoms with Crippen LogP contribution in [0.25, 0.3) is 33.7 Å². The molecule has 5 aromatic rings. The Morgan fingerprint density at radius 3 is 2.47 bits per heavy atom. The number of imidazole rings is 1. The van der Waals surface area contributed by atoms with Crippen LogP contribution in [-0.4, -0.2) is 30.4 Å². The number of carbonyl (C=O) groups excluding carboxylic acids is 1. The van der Waals surface area contributed by atoms with Crippen molar-refractivity contribution in [1.29, 1.82) is 0 Å². The fourth-order valence-corrected chi connectivity index (χ4v) is 3.19. The van der Waals surface area contributed by atoms with Gasteiger partial charge in [-0.3, -0.25) is 10.1 Å². The van der Waals surface area contributed by atoms with Crippen molar-refractivity contribution < 1.29 is 9.21 Å². The minimum Gasteiger partial charge on any atom is -0.423 e. The first-order valence-corrected chi connectivity index (χ1v) is 9.30. The summed E-state index contributed by atoms with van der Waals surface area (Å²) in [5.41, 5.74) is 3.65. The number of nitrogens with zero attached hydrogens (tertiary/aromatic N) is 5. The van der Waals surface area contributed by atoms with Crippen LogP contribution in [0.15, 0.2) is 83.9 Å². The molecule has 0 saturated carbocycles. The SMILES string of the molecule is O=C(Cn1cnc2ncncc21)Nc1nc(-c2ccccc2)c(-c2ccccc2)o1. The molecule has 0 radical (unpaired) electrons. The normalized spacial score (nSPS) is 10.9. The highest BCUT2D eigenvalue weighted by Gasteiger charge is 2.18. The summed E-state index contributed by atoms with van der Waals surface area (Å²) in [5, 5.41) is 2.74. The number of hydrogen-bond acceptors (Lipinski definition) is 6. The molecule has 0 unspecified atom stereocenters. The van der Waals surface area contributed by atoms with Gasteiger partial charge in [-0.05, 0) is 0 Å². The Balaban J connectivity index is 1.44. The Labute approximate surface area is 171 Å². The van der Waals surface area contributed by atoms with Crippen molar-refractivity contribution in [2.75, 3.05) is 5.32 Å². The van der Waals surface area contributed by atoms with Crippen LogP contribution in [0.3, 0.4) is 0 Å². The maximum Gasteiger partial charge on any atom is 0.302 e. The average molecular weight is 396 g/mol. The van der Waals surface area contributed by atoms with Gasteiger partial charge in [-0.2, -0.15) is 4.98 Å². The molecule has 8 nitrogen and oxygen atoms in total. The number of nitrogens with one attached hydrogen (secondary N) is 1. The molecule has 8 heteroatoms. The van der Waals surface area contributed by atoms with E-state index in [2.05, 4.69) is 25.3 Å². The van der Waals surface area contributed by atoms with Gasteiger partial charge in [0.1, 0.15) is 24.1 Å². The Morgan fingerprint density at radius 2 is 1.70 bits per heavy atom. The fraction of sp³-hybridized carbons (Fsp3) is 0.0455. The Hall–Kier alpha value is -4.33. The highest BCUT2D eigenvalue weighted by atomic mass is 16.4. The summed E-state index contributed by atoms with van der Waals surface area (Å²) < 4.78 is 7.61. The van der Waals surface area contributed by atoms with E-state index in [4.69, 9.17) is 4.42 Å². The molecular formula is C22H16N6O2. The van der Waals surface area contributed by atoms with Gasteiger partial charge in [0.25, 0.3) is 0 Å². The smallest absolute Gasteiger partial charge is 0.302 e. The predicted molar refractivity (Wildman–Crippen MR) is 111 cm³/mol. The lowest BCUT2D eigenvalue weighted by atomic mass is 10.1. The predicted octanol–water partition coefficient (Wildman–Crippen LogP) is 3.79. The summed E-state index contributed by atoms with van der Waals surface area (Å²) in [7, 11) is 0. The van der Waals surface area contributed by atoms with Gasteiger partial charge in [0.2, 0.25) is 5.91 Å². The molecule has 146 valence electrons. The summed E-state index contributed by atoms with van der Waals surface area (Å²) in [6.45, 7) is 0.0353. The second-order valence-electron chi connectivity index (χ2n) is 6.58. The summed E-state index contributed by atoms with van der Waals surface area (Å²) in [6.07, 6.45) is 4.59. The lowest BCUT2D eigenvalue weighted by Gasteiger charge is -2.03. The zero-order valence-electron chi connectivity index (χ0n) is 15.8. The molecule has 0 spiro atoms. The quantitative estimate of drug-likeness (QED) is 0.485. The average Bonchev–Trinajstić information content (AvgIpc) is 3.40. The van der Waals surface area contributed by atoms with Crippen LogP contribution in [0.5, 0.6) is 0 Å². The second kappa shape index (κ2) is 7.59. The third kappa shape index (κ3) is 3.42. The van der Waals surface area contributed by atoms with E-state index in [9.17, 15) is 4.79 Å². The zero-order valence-corrected chi connectivity index (χ0v) is 15.8. The third-order valence-corrected chi connectivity index (χ3v) is 4.57. The lowest BCUT2D eigenvalue weighted by molar-refractivity contribution is -0.116. The van der Waals surface area contributed by atoms with Crippen LogP contribution in [0, 0.1) is 0 Å². The van der Waals surface area contributed by atoms with Crippen LogP contribution >= 0.6 is 0 Å². The number of hydrogen-bond donors (Lipinski definition) is 1. The van der Waals surface area contributed by atoms with Gasteiger partial charge in [0.05, 0.1) is 12.5 Å². The van der Waals surface area contributed by atoms with E-state index in [-0.39, 0.29) is 18.5 Å². The van der Waals surface area contributed by atoms with E-state index in [1.54, 1.807) is 17.1 Å². The number of anilines is 1. The number of aromatic nitrogens is 5. The van der Waals surface area contributed by atoms with Crippen molar-refractivity contribution >= 4 is 23.1 Å². The molecule has 1 amide bonds. The fourth-order valence-electron chi connectivity index (χ4n) is 3.19. The number of oxazole rings is 1. The molecule has 0 aliphatic carbocycles. The molecule has 2 aromatic carbocycles.